The molecule has 0 bridgehead atoms. The van der Waals surface area contributed by atoms with Gasteiger partial charge < -0.3 is 30.7 Å². The van der Waals surface area contributed by atoms with Crippen LogP contribution in [0.3, 0.4) is 0 Å². The number of carbonyl (C=O) groups is 4. The van der Waals surface area contributed by atoms with Crippen LogP contribution in [-0.2, 0) is 22.4 Å². The number of hydrogen-bond acceptors (Lipinski definition) is 8. The molecule has 2 aliphatic carbocycles. The Hall–Kier alpha value is -7.96. The van der Waals surface area contributed by atoms with Gasteiger partial charge in [-0.3, -0.25) is 19.2 Å². The lowest BCUT2D eigenvalue weighted by Gasteiger charge is -2.34. The summed E-state index contributed by atoms with van der Waals surface area (Å²) in [5.74, 6) is -10.2. The highest BCUT2D eigenvalue weighted by Crippen LogP contribution is 2.34. The normalized spacial score (nSPS) is 20.0. The van der Waals surface area contributed by atoms with Gasteiger partial charge in [-0.2, -0.15) is 0 Å². The van der Waals surface area contributed by atoms with Crippen LogP contribution >= 0.6 is 0 Å². The lowest BCUT2D eigenvalue weighted by molar-refractivity contribution is -0.129. The highest BCUT2D eigenvalue weighted by atomic mass is 19.2. The summed E-state index contributed by atoms with van der Waals surface area (Å²) in [6.45, 7) is 11.2. The zero-order valence-electron chi connectivity index (χ0n) is 47.9. The second-order valence-corrected chi connectivity index (χ2v) is 22.7. The maximum atomic E-state index is 13.9. The van der Waals surface area contributed by atoms with Crippen molar-refractivity contribution < 1.29 is 54.3 Å². The fourth-order valence-corrected chi connectivity index (χ4v) is 11.9. The molecular formula is C68H70F8N6O4. The molecule has 0 spiro atoms. The van der Waals surface area contributed by atoms with Crippen molar-refractivity contribution in [1.29, 1.82) is 0 Å². The molecule has 4 aliphatic rings. The van der Waals surface area contributed by atoms with E-state index in [0.29, 0.717) is 35.1 Å². The lowest BCUT2D eigenvalue weighted by atomic mass is 9.73. The van der Waals surface area contributed by atoms with Gasteiger partial charge in [-0.1, -0.05) is 24.3 Å². The van der Waals surface area contributed by atoms with E-state index < -0.39 is 64.4 Å². The van der Waals surface area contributed by atoms with E-state index in [2.05, 4.69) is 37.6 Å². The van der Waals surface area contributed by atoms with Gasteiger partial charge in [0.2, 0.25) is 0 Å². The third kappa shape index (κ3) is 16.9. The summed E-state index contributed by atoms with van der Waals surface area (Å²) in [4.78, 5) is 60.5. The van der Waals surface area contributed by atoms with Crippen LogP contribution in [0.2, 0.25) is 0 Å². The van der Waals surface area contributed by atoms with E-state index in [1.807, 2.05) is 24.3 Å². The van der Waals surface area contributed by atoms with Crippen LogP contribution in [0.1, 0.15) is 101 Å². The number of Topliss-reactive ketones (excluding diaryl/α,β-unsaturated/α-hetero) is 2. The molecule has 86 heavy (non-hydrogen) atoms. The van der Waals surface area contributed by atoms with Crippen LogP contribution in [0.5, 0.6) is 0 Å². The Labute approximate surface area is 496 Å². The monoisotopic (exact) mass is 1190 g/mol. The van der Waals surface area contributed by atoms with Gasteiger partial charge in [0.1, 0.15) is 5.78 Å². The minimum Gasteiger partial charge on any atom is -0.384 e. The Morgan fingerprint density at radius 2 is 0.953 bits per heavy atom. The first kappa shape index (κ1) is 62.6. The van der Waals surface area contributed by atoms with Gasteiger partial charge in [0.25, 0.3) is 11.8 Å². The van der Waals surface area contributed by atoms with Crippen molar-refractivity contribution in [3.05, 3.63) is 212 Å². The average molecular weight is 1190 g/mol. The molecule has 2 saturated heterocycles. The molecule has 2 heterocycles. The molecule has 0 aromatic heterocycles. The van der Waals surface area contributed by atoms with E-state index in [9.17, 15) is 54.3 Å². The topological polar surface area (TPSA) is 114 Å². The van der Waals surface area contributed by atoms with Crippen LogP contribution in [0.4, 0.5) is 46.5 Å². The van der Waals surface area contributed by atoms with Gasteiger partial charge in [0, 0.05) is 90.3 Å². The standard InChI is InChI=1S/C35H35F4N3O2.C33H35F4N3O2/c1-2-42(16-15-41-13-3-4-14-41)29-9-7-25(8-10-29)35(44)40-28-21-26(17-23-5-11-30(36)32(38)19-23)34(43)27(22-28)18-24-6-12-31(37)33(39)20-24;34-28-9-3-21(17-30(28)36)15-24-19-27(20-25(32(24)41)16-22-4-10-29(35)31(37)18-22)39-33(42)23-5-7-26(8-6-23)38-11-14-40-12-1-2-13-40/h5-12,17-20,28H,2-4,13-16,21-22H2,1H3,(H,40,44);3-10,17-18,24-25,27,38H,1-2,11-16,19-20H2,(H,39,42)/b26-17+,27-18+;. The zero-order valence-corrected chi connectivity index (χ0v) is 47.9. The number of nitrogens with one attached hydrogen (secondary N) is 3. The number of halogens is 8. The SMILES string of the molecule is CCN(CCN1CCCC1)c1ccc(C(=O)NC2C/C(=C\c3ccc(F)c(F)c3)C(=O)/C(=C/c3ccc(F)c(F)c3)C2)cc1.O=C(NC1CC(Cc2ccc(F)c(F)c2)C(=O)C(Cc2ccc(F)c(F)c2)C1)c1ccc(NCCN2CCCC2)cc1. The lowest BCUT2D eigenvalue weighted by Crippen LogP contribution is -2.46. The second kappa shape index (κ2) is 29.4. The first-order valence-electron chi connectivity index (χ1n) is 29.5. The Kier molecular flexibility index (Phi) is 21.4. The van der Waals surface area contributed by atoms with Crippen LogP contribution in [0, 0.1) is 58.4 Å². The molecule has 10 nitrogen and oxygen atoms in total. The van der Waals surface area contributed by atoms with Gasteiger partial charge in [0.05, 0.1) is 0 Å². The fraction of sp³-hybridized carbons (Fsp3) is 0.353. The van der Waals surface area contributed by atoms with E-state index >= 15 is 0 Å². The molecule has 2 amide bonds. The first-order chi connectivity index (χ1) is 41.4. The summed E-state index contributed by atoms with van der Waals surface area (Å²) in [5.41, 5.74) is 4.94. The Bertz CT molecular complexity index is 3300. The number of amides is 2. The van der Waals surface area contributed by atoms with Crippen molar-refractivity contribution in [3.8, 4) is 0 Å². The highest BCUT2D eigenvalue weighted by molar-refractivity contribution is 6.14. The largest absolute Gasteiger partial charge is 0.384 e. The molecule has 2 unspecified atom stereocenters. The molecule has 10 rings (SSSR count). The number of rotatable bonds is 19. The molecular weight excluding hydrogens is 1120 g/mol. The maximum Gasteiger partial charge on any atom is 0.251 e. The number of nitrogens with zero attached hydrogens (tertiary/aromatic N) is 3. The van der Waals surface area contributed by atoms with Crippen molar-refractivity contribution in [2.45, 2.75) is 83.2 Å². The van der Waals surface area contributed by atoms with Crippen LogP contribution in [0.15, 0.2) is 132 Å². The van der Waals surface area contributed by atoms with Crippen LogP contribution in [-0.4, -0.2) is 104 Å². The van der Waals surface area contributed by atoms with E-state index in [1.54, 1.807) is 24.3 Å². The Morgan fingerprint density at radius 3 is 1.41 bits per heavy atom. The van der Waals surface area contributed by atoms with Gasteiger partial charge in [-0.25, -0.2) is 35.1 Å². The quantitative estimate of drug-likeness (QED) is 0.0543. The van der Waals surface area contributed by atoms with Crippen molar-refractivity contribution >= 4 is 46.9 Å². The minimum atomic E-state index is -1.05. The van der Waals surface area contributed by atoms with E-state index in [-0.39, 0.29) is 77.4 Å². The van der Waals surface area contributed by atoms with Crippen molar-refractivity contribution in [1.82, 2.24) is 20.4 Å². The molecule has 18 heteroatoms. The Balaban J connectivity index is 0.000000206. The smallest absolute Gasteiger partial charge is 0.251 e. The van der Waals surface area contributed by atoms with Crippen LogP contribution in [0.25, 0.3) is 12.2 Å². The summed E-state index contributed by atoms with van der Waals surface area (Å²) < 4.78 is 109. The van der Waals surface area contributed by atoms with Gasteiger partial charge >= 0.3 is 0 Å². The molecule has 3 N–H and O–H groups in total. The number of anilines is 2. The molecule has 452 valence electrons. The molecule has 2 saturated carbocycles. The second-order valence-electron chi connectivity index (χ2n) is 22.7. The predicted octanol–water partition coefficient (Wildman–Crippen LogP) is 12.7. The number of likely N-dealkylation sites (tertiary alicyclic amines) is 2. The molecule has 0 radical (unpaired) electrons. The number of likely N-dealkylation sites (N-methyl/N-ethyl adjacent to an activating group) is 1. The number of benzene rings is 6. The summed E-state index contributed by atoms with van der Waals surface area (Å²) in [7, 11) is 0. The first-order valence-corrected chi connectivity index (χ1v) is 29.5. The maximum absolute atomic E-state index is 13.9. The predicted molar refractivity (Wildman–Crippen MR) is 317 cm³/mol. The van der Waals surface area contributed by atoms with Crippen molar-refractivity contribution in [2.75, 3.05) is 69.1 Å². The zero-order chi connectivity index (χ0) is 60.9. The van der Waals surface area contributed by atoms with Crippen molar-refractivity contribution in [3.63, 3.8) is 0 Å². The summed E-state index contributed by atoms with van der Waals surface area (Å²) in [6.07, 6.45) is 9.20. The van der Waals surface area contributed by atoms with E-state index in [4.69, 9.17) is 0 Å². The van der Waals surface area contributed by atoms with Gasteiger partial charge in [0.15, 0.2) is 52.3 Å². The number of ketones is 2. The van der Waals surface area contributed by atoms with Crippen LogP contribution < -0.4 is 20.9 Å². The third-order valence-electron chi connectivity index (χ3n) is 16.5. The Morgan fingerprint density at radius 1 is 0.523 bits per heavy atom. The van der Waals surface area contributed by atoms with Gasteiger partial charge in [-0.15, -0.1) is 0 Å². The summed E-state index contributed by atoms with van der Waals surface area (Å²) >= 11 is 0. The molecule has 6 aromatic rings. The average Bonchev–Trinajstić information content (AvgIpc) is 4.12. The molecule has 2 atom stereocenters. The molecule has 2 aliphatic heterocycles. The number of hydrogen-bond donors (Lipinski definition) is 3. The van der Waals surface area contributed by atoms with Gasteiger partial charge in [-0.05, 0) is 229 Å². The van der Waals surface area contributed by atoms with E-state index in [1.165, 1.54) is 62.1 Å². The number of carbonyl (C=O) groups excluding carboxylic acids is 4. The van der Waals surface area contributed by atoms with Crippen molar-refractivity contribution in [2.24, 2.45) is 11.8 Å². The third-order valence-corrected chi connectivity index (χ3v) is 16.5. The summed E-state index contributed by atoms with van der Waals surface area (Å²) in [5, 5.41) is 9.42. The van der Waals surface area contributed by atoms with E-state index in [0.717, 1.165) is 119 Å². The minimum absolute atomic E-state index is 0.0978. The highest BCUT2D eigenvalue weighted by Gasteiger charge is 2.38. The summed E-state index contributed by atoms with van der Waals surface area (Å²) in [6, 6.07) is 27.5. The fourth-order valence-electron chi connectivity index (χ4n) is 11.9. The molecule has 6 aromatic carbocycles. The molecule has 4 fully saturated rings.